The average Bonchev–Trinajstić information content (AvgIpc) is 2.44. The summed E-state index contributed by atoms with van der Waals surface area (Å²) in [6.07, 6.45) is 1.65. The number of carbonyl (C=O) groups is 1. The second-order valence-corrected chi connectivity index (χ2v) is 4.88. The Kier molecular flexibility index (Phi) is 2.88. The molecule has 0 bridgehead atoms. The number of nitrogens with zero attached hydrogens (tertiary/aromatic N) is 2. The lowest BCUT2D eigenvalue weighted by atomic mass is 9.86. The van der Waals surface area contributed by atoms with Crippen LogP contribution in [0.1, 0.15) is 44.9 Å². The number of aromatic nitrogens is 2. The third kappa shape index (κ3) is 2.19. The van der Waals surface area contributed by atoms with E-state index in [0.717, 1.165) is 11.3 Å². The smallest absolute Gasteiger partial charge is 0.310 e. The molecular formula is C11H18N2O2. The van der Waals surface area contributed by atoms with E-state index in [1.54, 1.807) is 17.8 Å². The van der Waals surface area contributed by atoms with Crippen molar-refractivity contribution in [2.24, 2.45) is 7.05 Å². The lowest BCUT2D eigenvalue weighted by molar-refractivity contribution is -0.138. The van der Waals surface area contributed by atoms with E-state index in [1.807, 2.05) is 7.05 Å². The molecule has 0 aromatic carbocycles. The van der Waals surface area contributed by atoms with Crippen LogP contribution in [-0.2, 0) is 17.3 Å². The summed E-state index contributed by atoms with van der Waals surface area (Å²) in [6, 6.07) is 0. The molecule has 0 amide bonds. The van der Waals surface area contributed by atoms with Gasteiger partial charge in [0.05, 0.1) is 12.1 Å². The van der Waals surface area contributed by atoms with Crippen molar-refractivity contribution in [1.29, 1.82) is 0 Å². The second kappa shape index (κ2) is 3.68. The molecule has 0 spiro atoms. The maximum atomic E-state index is 11.0. The van der Waals surface area contributed by atoms with Crippen LogP contribution in [0.3, 0.4) is 0 Å². The Morgan fingerprint density at radius 1 is 1.53 bits per heavy atom. The Morgan fingerprint density at radius 3 is 2.47 bits per heavy atom. The van der Waals surface area contributed by atoms with Gasteiger partial charge in [0, 0.05) is 23.7 Å². The SMILES string of the molecule is CC(C(=O)O)c1cnn(C)c1C(C)(C)C. The van der Waals surface area contributed by atoms with Crippen LogP contribution in [0.25, 0.3) is 0 Å². The van der Waals surface area contributed by atoms with Gasteiger partial charge >= 0.3 is 5.97 Å². The van der Waals surface area contributed by atoms with Gasteiger partial charge in [0.2, 0.25) is 0 Å². The first kappa shape index (κ1) is 11.8. The quantitative estimate of drug-likeness (QED) is 0.811. The summed E-state index contributed by atoms with van der Waals surface area (Å²) < 4.78 is 1.76. The van der Waals surface area contributed by atoms with E-state index < -0.39 is 11.9 Å². The lowest BCUT2D eigenvalue weighted by Crippen LogP contribution is -2.21. The molecule has 1 atom stereocenters. The van der Waals surface area contributed by atoms with E-state index in [4.69, 9.17) is 5.11 Å². The number of carboxylic acids is 1. The molecule has 15 heavy (non-hydrogen) atoms. The van der Waals surface area contributed by atoms with Crippen LogP contribution in [0.15, 0.2) is 6.20 Å². The van der Waals surface area contributed by atoms with Gasteiger partial charge in [0.15, 0.2) is 0 Å². The summed E-state index contributed by atoms with van der Waals surface area (Å²) in [5.41, 5.74) is 1.69. The first-order valence-corrected chi connectivity index (χ1v) is 5.00. The van der Waals surface area contributed by atoms with Gasteiger partial charge in [-0.1, -0.05) is 20.8 Å². The lowest BCUT2D eigenvalue weighted by Gasteiger charge is -2.22. The minimum absolute atomic E-state index is 0.0930. The van der Waals surface area contributed by atoms with Crippen LogP contribution < -0.4 is 0 Å². The van der Waals surface area contributed by atoms with Crippen molar-refractivity contribution in [3.05, 3.63) is 17.5 Å². The van der Waals surface area contributed by atoms with E-state index in [-0.39, 0.29) is 5.41 Å². The van der Waals surface area contributed by atoms with Gasteiger partial charge in [0.1, 0.15) is 0 Å². The third-order valence-corrected chi connectivity index (χ3v) is 2.51. The predicted octanol–water partition coefficient (Wildman–Crippen LogP) is 1.91. The van der Waals surface area contributed by atoms with Gasteiger partial charge in [-0.25, -0.2) is 0 Å². The first-order valence-electron chi connectivity index (χ1n) is 5.00. The Morgan fingerprint density at radius 2 is 2.07 bits per heavy atom. The van der Waals surface area contributed by atoms with Crippen molar-refractivity contribution in [3.63, 3.8) is 0 Å². The number of aliphatic carboxylic acids is 1. The fourth-order valence-corrected chi connectivity index (χ4v) is 1.82. The fraction of sp³-hybridized carbons (Fsp3) is 0.636. The Labute approximate surface area is 89.9 Å². The molecule has 0 saturated heterocycles. The molecule has 84 valence electrons. The molecule has 4 heteroatoms. The second-order valence-electron chi connectivity index (χ2n) is 4.88. The molecular weight excluding hydrogens is 192 g/mol. The summed E-state index contributed by atoms with van der Waals surface area (Å²) >= 11 is 0. The summed E-state index contributed by atoms with van der Waals surface area (Å²) in [5.74, 6) is -1.32. The highest BCUT2D eigenvalue weighted by Gasteiger charge is 2.27. The molecule has 0 radical (unpaired) electrons. The predicted molar refractivity (Wildman–Crippen MR) is 58.0 cm³/mol. The fourth-order valence-electron chi connectivity index (χ4n) is 1.82. The molecule has 1 N–H and O–H groups in total. The van der Waals surface area contributed by atoms with Crippen molar-refractivity contribution >= 4 is 5.97 Å². The number of aryl methyl sites for hydroxylation is 1. The normalized spacial score (nSPS) is 13.9. The van der Waals surface area contributed by atoms with E-state index in [0.29, 0.717) is 0 Å². The van der Waals surface area contributed by atoms with Gasteiger partial charge in [-0.3, -0.25) is 9.48 Å². The van der Waals surface area contributed by atoms with Gasteiger partial charge in [0.25, 0.3) is 0 Å². The molecule has 1 aromatic heterocycles. The van der Waals surface area contributed by atoms with Crippen LogP contribution >= 0.6 is 0 Å². The summed E-state index contributed by atoms with van der Waals surface area (Å²) in [6.45, 7) is 7.86. The number of rotatable bonds is 2. The van der Waals surface area contributed by atoms with Gasteiger partial charge in [-0.2, -0.15) is 5.10 Å². The minimum atomic E-state index is -0.812. The molecule has 1 aromatic rings. The van der Waals surface area contributed by atoms with Crippen molar-refractivity contribution in [1.82, 2.24) is 9.78 Å². The van der Waals surface area contributed by atoms with E-state index in [1.165, 1.54) is 0 Å². The molecule has 0 fully saturated rings. The number of carboxylic acid groups (broad SMARTS) is 1. The van der Waals surface area contributed by atoms with Crippen molar-refractivity contribution in [2.75, 3.05) is 0 Å². The Balaban J connectivity index is 3.27. The average molecular weight is 210 g/mol. The van der Waals surface area contributed by atoms with E-state index >= 15 is 0 Å². The Bertz CT molecular complexity index is 374. The van der Waals surface area contributed by atoms with Crippen LogP contribution in [0.2, 0.25) is 0 Å². The highest BCUT2D eigenvalue weighted by Crippen LogP contribution is 2.29. The number of hydrogen-bond acceptors (Lipinski definition) is 2. The molecule has 0 aliphatic carbocycles. The highest BCUT2D eigenvalue weighted by atomic mass is 16.4. The minimum Gasteiger partial charge on any atom is -0.481 e. The zero-order valence-electron chi connectivity index (χ0n) is 9.90. The summed E-state index contributed by atoms with van der Waals surface area (Å²) in [7, 11) is 1.85. The van der Waals surface area contributed by atoms with Gasteiger partial charge in [-0.05, 0) is 6.92 Å². The van der Waals surface area contributed by atoms with E-state index in [9.17, 15) is 4.79 Å². The van der Waals surface area contributed by atoms with Crippen molar-refractivity contribution < 1.29 is 9.90 Å². The summed E-state index contributed by atoms with van der Waals surface area (Å²) in [4.78, 5) is 11.0. The van der Waals surface area contributed by atoms with Gasteiger partial charge in [-0.15, -0.1) is 0 Å². The molecule has 1 heterocycles. The van der Waals surface area contributed by atoms with E-state index in [2.05, 4.69) is 25.9 Å². The van der Waals surface area contributed by atoms with Crippen molar-refractivity contribution in [2.45, 2.75) is 39.0 Å². The van der Waals surface area contributed by atoms with Crippen molar-refractivity contribution in [3.8, 4) is 0 Å². The molecule has 4 nitrogen and oxygen atoms in total. The standard InChI is InChI=1S/C11H18N2O2/c1-7(10(14)15)8-6-12-13(5)9(8)11(2,3)4/h6-7H,1-5H3,(H,14,15). The highest BCUT2D eigenvalue weighted by molar-refractivity contribution is 5.76. The third-order valence-electron chi connectivity index (χ3n) is 2.51. The zero-order valence-corrected chi connectivity index (χ0v) is 9.90. The monoisotopic (exact) mass is 210 g/mol. The van der Waals surface area contributed by atoms with Crippen LogP contribution in [0.4, 0.5) is 0 Å². The van der Waals surface area contributed by atoms with Crippen LogP contribution in [-0.4, -0.2) is 20.9 Å². The van der Waals surface area contributed by atoms with Crippen LogP contribution in [0.5, 0.6) is 0 Å². The maximum Gasteiger partial charge on any atom is 0.310 e. The molecule has 0 aliphatic heterocycles. The van der Waals surface area contributed by atoms with Crippen LogP contribution in [0, 0.1) is 0 Å². The Hall–Kier alpha value is -1.32. The molecule has 0 aliphatic rings. The first-order chi connectivity index (χ1) is 6.75. The van der Waals surface area contributed by atoms with Gasteiger partial charge < -0.3 is 5.11 Å². The molecule has 1 unspecified atom stereocenters. The topological polar surface area (TPSA) is 55.1 Å². The zero-order chi connectivity index (χ0) is 11.8. The molecule has 0 saturated carbocycles. The molecule has 1 rings (SSSR count). The largest absolute Gasteiger partial charge is 0.481 e. The maximum absolute atomic E-state index is 11.0. The summed E-state index contributed by atoms with van der Waals surface area (Å²) in [5, 5.41) is 13.1. The number of hydrogen-bond donors (Lipinski definition) is 1.